The van der Waals surface area contributed by atoms with Gasteiger partial charge < -0.3 is 5.73 Å². The Hall–Kier alpha value is -1.03. The number of hydrogen-bond acceptors (Lipinski definition) is 6. The Bertz CT molecular complexity index is 578. The van der Waals surface area contributed by atoms with Crippen LogP contribution < -0.4 is 10.5 Å². The third kappa shape index (κ3) is 3.73. The SMILES string of the molecule is CS(=O)(=O)c1ccc(S(=O)(=O)NCCN)cn1. The van der Waals surface area contributed by atoms with E-state index in [9.17, 15) is 16.8 Å². The molecule has 0 radical (unpaired) electrons. The molecular formula is C8H13N3O4S2. The van der Waals surface area contributed by atoms with Crippen molar-refractivity contribution in [3.63, 3.8) is 0 Å². The van der Waals surface area contributed by atoms with Crippen LogP contribution in [0.2, 0.25) is 0 Å². The molecule has 7 nitrogen and oxygen atoms in total. The number of pyridine rings is 1. The average Bonchev–Trinajstić information content (AvgIpc) is 2.25. The van der Waals surface area contributed by atoms with Crippen LogP contribution >= 0.6 is 0 Å². The van der Waals surface area contributed by atoms with Gasteiger partial charge in [0, 0.05) is 25.5 Å². The molecule has 1 aromatic rings. The predicted molar refractivity (Wildman–Crippen MR) is 61.6 cm³/mol. The van der Waals surface area contributed by atoms with Gasteiger partial charge in [-0.25, -0.2) is 26.5 Å². The van der Waals surface area contributed by atoms with Gasteiger partial charge in [-0.05, 0) is 12.1 Å². The Morgan fingerprint density at radius 3 is 2.35 bits per heavy atom. The molecule has 0 aliphatic rings. The normalized spacial score (nSPS) is 12.6. The van der Waals surface area contributed by atoms with Crippen LogP contribution in [0.25, 0.3) is 0 Å². The van der Waals surface area contributed by atoms with Crippen molar-refractivity contribution in [2.75, 3.05) is 19.3 Å². The molecule has 0 aromatic carbocycles. The number of rotatable bonds is 5. The molecule has 0 amide bonds. The second-order valence-electron chi connectivity index (χ2n) is 3.29. The summed E-state index contributed by atoms with van der Waals surface area (Å²) in [5, 5.41) is -0.171. The molecule has 1 aromatic heterocycles. The minimum atomic E-state index is -3.67. The van der Waals surface area contributed by atoms with E-state index in [1.54, 1.807) is 0 Å². The van der Waals surface area contributed by atoms with Gasteiger partial charge in [0.25, 0.3) is 0 Å². The standard InChI is InChI=1S/C8H13N3O4S2/c1-16(12,13)8-3-2-7(6-10-8)17(14,15)11-5-4-9/h2-3,6,11H,4-5,9H2,1H3. The quantitative estimate of drug-likeness (QED) is 0.693. The van der Waals surface area contributed by atoms with E-state index < -0.39 is 19.9 Å². The Balaban J connectivity index is 3.03. The van der Waals surface area contributed by atoms with E-state index in [-0.39, 0.29) is 23.0 Å². The van der Waals surface area contributed by atoms with E-state index in [1.807, 2.05) is 0 Å². The Morgan fingerprint density at radius 2 is 1.94 bits per heavy atom. The lowest BCUT2D eigenvalue weighted by Gasteiger charge is -2.05. The summed E-state index contributed by atoms with van der Waals surface area (Å²) >= 11 is 0. The minimum Gasteiger partial charge on any atom is -0.329 e. The molecule has 0 atom stereocenters. The van der Waals surface area contributed by atoms with Crippen molar-refractivity contribution in [1.29, 1.82) is 0 Å². The summed E-state index contributed by atoms with van der Waals surface area (Å²) in [4.78, 5) is 3.49. The first-order chi connectivity index (χ1) is 7.77. The highest BCUT2D eigenvalue weighted by atomic mass is 32.2. The second kappa shape index (κ2) is 5.08. The van der Waals surface area contributed by atoms with E-state index >= 15 is 0 Å². The van der Waals surface area contributed by atoms with Crippen molar-refractivity contribution in [3.05, 3.63) is 18.3 Å². The van der Waals surface area contributed by atoms with E-state index in [2.05, 4.69) is 9.71 Å². The maximum atomic E-state index is 11.6. The maximum absolute atomic E-state index is 11.6. The summed E-state index contributed by atoms with van der Waals surface area (Å²) in [6.45, 7) is 0.282. The fraction of sp³-hybridized carbons (Fsp3) is 0.375. The average molecular weight is 279 g/mol. The molecule has 0 unspecified atom stereocenters. The van der Waals surface area contributed by atoms with Crippen molar-refractivity contribution in [3.8, 4) is 0 Å². The fourth-order valence-electron chi connectivity index (χ4n) is 1.02. The van der Waals surface area contributed by atoms with Crippen molar-refractivity contribution in [1.82, 2.24) is 9.71 Å². The number of sulfonamides is 1. The summed E-state index contributed by atoms with van der Waals surface area (Å²) in [7, 11) is -7.10. The molecule has 1 heterocycles. The molecule has 0 spiro atoms. The van der Waals surface area contributed by atoms with Crippen LogP contribution in [0.5, 0.6) is 0 Å². The number of sulfone groups is 1. The van der Waals surface area contributed by atoms with Crippen LogP contribution in [-0.2, 0) is 19.9 Å². The first kappa shape index (κ1) is 14.0. The molecule has 0 fully saturated rings. The molecule has 0 aliphatic heterocycles. The van der Waals surface area contributed by atoms with Crippen LogP contribution in [-0.4, -0.2) is 41.2 Å². The van der Waals surface area contributed by atoms with Gasteiger partial charge in [0.1, 0.15) is 4.90 Å². The fourth-order valence-corrected chi connectivity index (χ4v) is 2.57. The Kier molecular flexibility index (Phi) is 4.20. The second-order valence-corrected chi connectivity index (χ2v) is 7.02. The number of nitrogens with one attached hydrogen (secondary N) is 1. The third-order valence-electron chi connectivity index (χ3n) is 1.84. The van der Waals surface area contributed by atoms with Crippen molar-refractivity contribution < 1.29 is 16.8 Å². The summed E-state index contributed by atoms with van der Waals surface area (Å²) in [5.41, 5.74) is 5.17. The van der Waals surface area contributed by atoms with Gasteiger partial charge in [-0.15, -0.1) is 0 Å². The lowest BCUT2D eigenvalue weighted by molar-refractivity contribution is 0.580. The van der Waals surface area contributed by atoms with Crippen molar-refractivity contribution in [2.24, 2.45) is 5.73 Å². The maximum Gasteiger partial charge on any atom is 0.242 e. The summed E-state index contributed by atoms with van der Waals surface area (Å²) in [5.74, 6) is 0. The monoisotopic (exact) mass is 279 g/mol. The Morgan fingerprint density at radius 1 is 1.29 bits per heavy atom. The summed E-state index contributed by atoms with van der Waals surface area (Å²) in [6, 6.07) is 2.33. The zero-order chi connectivity index (χ0) is 13.1. The van der Waals surface area contributed by atoms with Gasteiger partial charge >= 0.3 is 0 Å². The zero-order valence-corrected chi connectivity index (χ0v) is 10.8. The molecule has 96 valence electrons. The van der Waals surface area contributed by atoms with Crippen LogP contribution in [0, 0.1) is 0 Å². The van der Waals surface area contributed by atoms with E-state index in [0.717, 1.165) is 18.5 Å². The van der Waals surface area contributed by atoms with Crippen LogP contribution in [0.3, 0.4) is 0 Å². The van der Waals surface area contributed by atoms with E-state index in [0.29, 0.717) is 0 Å². The minimum absolute atomic E-state index is 0.0987. The number of nitrogens with zero attached hydrogens (tertiary/aromatic N) is 1. The van der Waals surface area contributed by atoms with Crippen molar-refractivity contribution in [2.45, 2.75) is 9.92 Å². The highest BCUT2D eigenvalue weighted by Gasteiger charge is 2.15. The zero-order valence-electron chi connectivity index (χ0n) is 9.12. The topological polar surface area (TPSA) is 119 Å². The van der Waals surface area contributed by atoms with Crippen LogP contribution in [0.15, 0.2) is 28.3 Å². The Labute approximate surface area is 100 Å². The smallest absolute Gasteiger partial charge is 0.242 e. The molecule has 0 saturated carbocycles. The van der Waals surface area contributed by atoms with Gasteiger partial charge in [0.2, 0.25) is 10.0 Å². The molecule has 3 N–H and O–H groups in total. The van der Waals surface area contributed by atoms with Gasteiger partial charge in [0.05, 0.1) is 0 Å². The number of hydrogen-bond donors (Lipinski definition) is 2. The van der Waals surface area contributed by atoms with Crippen LogP contribution in [0.1, 0.15) is 0 Å². The predicted octanol–water partition coefficient (Wildman–Crippen LogP) is -1.28. The molecule has 17 heavy (non-hydrogen) atoms. The summed E-state index contributed by atoms with van der Waals surface area (Å²) < 4.78 is 47.7. The van der Waals surface area contributed by atoms with Gasteiger partial charge in [-0.3, -0.25) is 0 Å². The van der Waals surface area contributed by atoms with E-state index in [4.69, 9.17) is 5.73 Å². The van der Waals surface area contributed by atoms with Gasteiger partial charge in [-0.1, -0.05) is 0 Å². The molecule has 0 bridgehead atoms. The summed E-state index contributed by atoms with van der Waals surface area (Å²) in [6.07, 6.45) is 1.99. The van der Waals surface area contributed by atoms with Gasteiger partial charge in [0.15, 0.2) is 14.9 Å². The van der Waals surface area contributed by atoms with Gasteiger partial charge in [-0.2, -0.15) is 0 Å². The molecule has 9 heteroatoms. The molecule has 1 rings (SSSR count). The number of aromatic nitrogens is 1. The highest BCUT2D eigenvalue weighted by Crippen LogP contribution is 2.10. The van der Waals surface area contributed by atoms with Crippen LogP contribution in [0.4, 0.5) is 0 Å². The molecule has 0 saturated heterocycles. The van der Waals surface area contributed by atoms with E-state index in [1.165, 1.54) is 6.07 Å². The first-order valence-corrected chi connectivity index (χ1v) is 8.00. The lowest BCUT2D eigenvalue weighted by Crippen LogP contribution is -2.29. The molecular weight excluding hydrogens is 266 g/mol. The first-order valence-electron chi connectivity index (χ1n) is 4.63. The largest absolute Gasteiger partial charge is 0.329 e. The number of nitrogens with two attached hydrogens (primary N) is 1. The lowest BCUT2D eigenvalue weighted by atomic mass is 10.5. The highest BCUT2D eigenvalue weighted by molar-refractivity contribution is 7.90. The molecule has 0 aliphatic carbocycles. The van der Waals surface area contributed by atoms with Crippen molar-refractivity contribution >= 4 is 19.9 Å². The third-order valence-corrected chi connectivity index (χ3v) is 4.28.